The Morgan fingerprint density at radius 1 is 0.981 bits per heavy atom. The van der Waals surface area contributed by atoms with E-state index < -0.39 is 70.4 Å². The number of halogens is 4. The van der Waals surface area contributed by atoms with Crippen molar-refractivity contribution in [2.24, 2.45) is 4.99 Å². The number of carbonyl (C=O) groups is 3. The van der Waals surface area contributed by atoms with Gasteiger partial charge in [-0.1, -0.05) is 96.5 Å². The molecule has 0 radical (unpaired) electrons. The maximum Gasteiger partial charge on any atom is 0.418 e. The molecular weight excluding hydrogens is 733 g/mol. The molecule has 0 unspecified atom stereocenters. The van der Waals surface area contributed by atoms with Crippen LogP contribution in [0.25, 0.3) is 0 Å². The monoisotopic (exact) mass is 766 g/mol. The van der Waals surface area contributed by atoms with Crippen LogP contribution >= 0.6 is 11.6 Å². The molecule has 0 fully saturated rings. The molecule has 0 saturated heterocycles. The zero-order valence-corrected chi connectivity index (χ0v) is 29.8. The molecule has 2 atom stereocenters. The number of ether oxygens (including phenoxy) is 1. The van der Waals surface area contributed by atoms with E-state index in [1.54, 1.807) is 54.6 Å². The van der Waals surface area contributed by atoms with E-state index in [1.165, 1.54) is 17.0 Å². The lowest BCUT2D eigenvalue weighted by molar-refractivity contribution is -0.137. The summed E-state index contributed by atoms with van der Waals surface area (Å²) in [6.45, 7) is -1.22. The number of amides is 3. The van der Waals surface area contributed by atoms with Crippen molar-refractivity contribution in [3.05, 3.63) is 142 Å². The van der Waals surface area contributed by atoms with Crippen LogP contribution in [0.5, 0.6) is 0 Å². The molecule has 0 spiro atoms. The maximum absolute atomic E-state index is 14.2. The Bertz CT molecular complexity index is 2130. The average molecular weight is 767 g/mol. The van der Waals surface area contributed by atoms with Gasteiger partial charge in [0.15, 0.2) is 15.9 Å². The van der Waals surface area contributed by atoms with Gasteiger partial charge >= 0.3 is 12.3 Å². The second-order valence-corrected chi connectivity index (χ2v) is 14.4. The van der Waals surface area contributed by atoms with E-state index in [9.17, 15) is 36.0 Å². The first-order valence-corrected chi connectivity index (χ1v) is 18.6. The van der Waals surface area contributed by atoms with Crippen LogP contribution in [0.1, 0.15) is 28.7 Å². The van der Waals surface area contributed by atoms with Crippen LogP contribution in [0.2, 0.25) is 5.02 Å². The summed E-state index contributed by atoms with van der Waals surface area (Å²) >= 11 is 5.75. The van der Waals surface area contributed by atoms with Crippen LogP contribution in [-0.2, 0) is 36.8 Å². The first kappa shape index (κ1) is 38.8. The minimum atomic E-state index is -4.84. The normalized spacial score (nSPS) is 15.3. The molecule has 2 N–H and O–H groups in total. The number of benzene rings is 4. The fraction of sp³-hybridized carbons (Fsp3) is 0.211. The number of aryl methyl sites for hydroxylation is 1. The lowest BCUT2D eigenvalue weighted by atomic mass is 10.00. The van der Waals surface area contributed by atoms with E-state index >= 15 is 0 Å². The van der Waals surface area contributed by atoms with Crippen LogP contribution < -0.4 is 15.5 Å². The first-order valence-electron chi connectivity index (χ1n) is 16.2. The van der Waals surface area contributed by atoms with Crippen molar-refractivity contribution in [1.29, 1.82) is 0 Å². The Labute approximate surface area is 309 Å². The number of nitrogens with one attached hydrogen (secondary N) is 2. The lowest BCUT2D eigenvalue weighted by Crippen LogP contribution is -2.47. The third kappa shape index (κ3) is 10.8. The quantitative estimate of drug-likeness (QED) is 0.162. The SMILES string of the molecule is CS(=O)(=O)/C=C/[C@H](CCc1ccccc1)NC(=O)CN1C(=O)[C@@H](COC(=O)Nc2ccc(Cl)cc2C(F)(F)F)N=C(c2ccccc2)c2ccccc21. The van der Waals surface area contributed by atoms with Gasteiger partial charge < -0.3 is 15.0 Å². The van der Waals surface area contributed by atoms with Gasteiger partial charge in [-0.2, -0.15) is 13.2 Å². The molecular formula is C38H34ClF3N4O6S. The molecule has 1 heterocycles. The average Bonchev–Trinajstić information content (AvgIpc) is 3.23. The number of alkyl halides is 3. The van der Waals surface area contributed by atoms with Gasteiger partial charge in [-0.3, -0.25) is 19.9 Å². The van der Waals surface area contributed by atoms with Crippen molar-refractivity contribution < 1.29 is 40.7 Å². The minimum absolute atomic E-state index is 0.194. The number of rotatable bonds is 12. The largest absolute Gasteiger partial charge is 0.446 e. The summed E-state index contributed by atoms with van der Waals surface area (Å²) in [6, 6.07) is 25.6. The topological polar surface area (TPSA) is 134 Å². The van der Waals surface area contributed by atoms with E-state index in [2.05, 4.69) is 15.6 Å². The Kier molecular flexibility index (Phi) is 12.4. The molecule has 5 rings (SSSR count). The molecule has 276 valence electrons. The Morgan fingerprint density at radius 3 is 2.32 bits per heavy atom. The Balaban J connectivity index is 1.42. The van der Waals surface area contributed by atoms with Crippen molar-refractivity contribution in [2.45, 2.75) is 31.1 Å². The van der Waals surface area contributed by atoms with Crippen LogP contribution in [0.3, 0.4) is 0 Å². The van der Waals surface area contributed by atoms with Crippen molar-refractivity contribution in [1.82, 2.24) is 5.32 Å². The third-order valence-corrected chi connectivity index (χ3v) is 8.91. The molecule has 0 bridgehead atoms. The summed E-state index contributed by atoms with van der Waals surface area (Å²) in [4.78, 5) is 46.6. The van der Waals surface area contributed by atoms with Gasteiger partial charge in [0, 0.05) is 33.9 Å². The van der Waals surface area contributed by atoms with Gasteiger partial charge in [0.2, 0.25) is 5.91 Å². The van der Waals surface area contributed by atoms with Crippen molar-refractivity contribution >= 4 is 56.4 Å². The lowest BCUT2D eigenvalue weighted by Gasteiger charge is -2.26. The fourth-order valence-electron chi connectivity index (χ4n) is 5.56. The number of fused-ring (bicyclic) bond motifs is 1. The number of para-hydroxylation sites is 1. The number of carbonyl (C=O) groups excluding carboxylic acids is 3. The molecule has 1 aliphatic rings. The fourth-order valence-corrected chi connectivity index (χ4v) is 6.21. The Hall–Kier alpha value is -5.47. The molecule has 10 nitrogen and oxygen atoms in total. The van der Waals surface area contributed by atoms with Crippen LogP contribution in [0.4, 0.5) is 29.3 Å². The van der Waals surface area contributed by atoms with E-state index in [1.807, 2.05) is 30.3 Å². The van der Waals surface area contributed by atoms with Crippen LogP contribution in [-0.4, -0.2) is 63.5 Å². The van der Waals surface area contributed by atoms with E-state index in [0.29, 0.717) is 41.4 Å². The van der Waals surface area contributed by atoms with E-state index in [-0.39, 0.29) is 5.02 Å². The number of aliphatic imine (C=N–C) groups is 1. The summed E-state index contributed by atoms with van der Waals surface area (Å²) in [7, 11) is -3.52. The molecule has 0 saturated carbocycles. The second-order valence-electron chi connectivity index (χ2n) is 12.1. The zero-order chi connectivity index (χ0) is 38.2. The van der Waals surface area contributed by atoms with Gasteiger partial charge in [0.25, 0.3) is 5.91 Å². The highest BCUT2D eigenvalue weighted by atomic mass is 35.5. The number of nitrogens with zero attached hydrogens (tertiary/aromatic N) is 2. The van der Waals surface area contributed by atoms with E-state index in [0.717, 1.165) is 23.3 Å². The summed E-state index contributed by atoms with van der Waals surface area (Å²) in [5.74, 6) is -1.35. The number of benzodiazepines with no additional fused rings is 1. The molecule has 4 aromatic carbocycles. The van der Waals surface area contributed by atoms with Gasteiger partial charge in [-0.25, -0.2) is 13.2 Å². The summed E-state index contributed by atoms with van der Waals surface area (Å²) in [5, 5.41) is 5.69. The molecule has 4 aromatic rings. The number of anilines is 2. The third-order valence-electron chi connectivity index (χ3n) is 8.02. The zero-order valence-electron chi connectivity index (χ0n) is 28.2. The predicted octanol–water partition coefficient (Wildman–Crippen LogP) is 6.84. The smallest absolute Gasteiger partial charge is 0.418 e. The van der Waals surface area contributed by atoms with Gasteiger partial charge in [0.1, 0.15) is 13.2 Å². The highest BCUT2D eigenvalue weighted by Gasteiger charge is 2.36. The van der Waals surface area contributed by atoms with Gasteiger partial charge in [0.05, 0.1) is 22.6 Å². The van der Waals surface area contributed by atoms with E-state index in [4.69, 9.17) is 16.3 Å². The highest BCUT2D eigenvalue weighted by molar-refractivity contribution is 7.93. The van der Waals surface area contributed by atoms with Gasteiger partial charge in [-0.15, -0.1) is 0 Å². The van der Waals surface area contributed by atoms with Gasteiger partial charge in [-0.05, 0) is 42.7 Å². The summed E-state index contributed by atoms with van der Waals surface area (Å²) in [5.41, 5.74) is 0.935. The summed E-state index contributed by atoms with van der Waals surface area (Å²) < 4.78 is 70.1. The molecule has 3 amide bonds. The van der Waals surface area contributed by atoms with Crippen LogP contribution in [0, 0.1) is 0 Å². The predicted molar refractivity (Wildman–Crippen MR) is 197 cm³/mol. The molecule has 53 heavy (non-hydrogen) atoms. The number of sulfone groups is 1. The molecule has 0 aromatic heterocycles. The highest BCUT2D eigenvalue weighted by Crippen LogP contribution is 2.36. The minimum Gasteiger partial charge on any atom is -0.446 e. The van der Waals surface area contributed by atoms with Crippen LogP contribution in [0.15, 0.2) is 120 Å². The number of hydrogen-bond donors (Lipinski definition) is 2. The first-order chi connectivity index (χ1) is 25.2. The standard InChI is InChI=1S/C38H34ClF3N4O6S/c1-53(50,51)21-20-28(18-16-25-10-4-2-5-11-25)43-34(47)23-46-33-15-9-8-14-29(33)35(26-12-6-3-7-13-26)44-32(36(46)48)24-52-37(49)45-31-19-17-27(39)22-30(31)38(40,41)42/h2-15,17,19-22,28,32H,16,18,23-24H2,1H3,(H,43,47)(H,45,49)/b21-20+/t28-,32+/m0/s1. The molecule has 0 aliphatic carbocycles. The van der Waals surface area contributed by atoms with Crippen molar-refractivity contribution in [3.8, 4) is 0 Å². The summed E-state index contributed by atoms with van der Waals surface area (Å²) in [6.07, 6.45) is -2.85. The number of hydrogen-bond acceptors (Lipinski definition) is 7. The second kappa shape index (κ2) is 16.9. The Morgan fingerprint density at radius 2 is 1.64 bits per heavy atom. The van der Waals surface area contributed by atoms with Crippen molar-refractivity contribution in [3.63, 3.8) is 0 Å². The molecule has 1 aliphatic heterocycles. The molecule has 15 heteroatoms. The van der Waals surface area contributed by atoms with Crippen molar-refractivity contribution in [2.75, 3.05) is 29.6 Å². The maximum atomic E-state index is 14.2.